The molecule has 1 aromatic rings. The van der Waals surface area contributed by atoms with Crippen molar-refractivity contribution in [3.05, 3.63) is 34.9 Å². The van der Waals surface area contributed by atoms with Gasteiger partial charge in [-0.15, -0.1) is 0 Å². The van der Waals surface area contributed by atoms with Crippen molar-refractivity contribution in [2.45, 2.75) is 84.5 Å². The fourth-order valence-electron chi connectivity index (χ4n) is 3.35. The number of rotatable bonds is 3. The van der Waals surface area contributed by atoms with Gasteiger partial charge in [-0.1, -0.05) is 31.0 Å². The first-order valence-electron chi connectivity index (χ1n) is 9.42. The van der Waals surface area contributed by atoms with Crippen LogP contribution in [0.5, 0.6) is 0 Å². The molecule has 1 fully saturated rings. The van der Waals surface area contributed by atoms with E-state index < -0.39 is 11.7 Å². The molecule has 0 aromatic heterocycles. The van der Waals surface area contributed by atoms with Gasteiger partial charge in [-0.3, -0.25) is 0 Å². The summed E-state index contributed by atoms with van der Waals surface area (Å²) in [7, 11) is 0. The number of carbonyl (C=O) groups is 1. The Morgan fingerprint density at radius 2 is 1.96 bits per heavy atom. The molecular formula is C21H33NO3. The molecule has 0 spiro atoms. The monoisotopic (exact) mass is 347 g/mol. The molecule has 1 amide bonds. The second-order valence-electron chi connectivity index (χ2n) is 8.27. The Balaban J connectivity index is 2.12. The molecule has 2 atom stereocenters. The SMILES string of the molecule is Cc1ccc(C(O)CC2CCCCCN2C(=O)OC(C)(C)C)cc1C. The normalized spacial score (nSPS) is 20.1. The van der Waals surface area contributed by atoms with Gasteiger partial charge in [-0.2, -0.15) is 0 Å². The van der Waals surface area contributed by atoms with Gasteiger partial charge < -0.3 is 14.7 Å². The Labute approximate surface area is 152 Å². The lowest BCUT2D eigenvalue weighted by atomic mass is 9.96. The lowest BCUT2D eigenvalue weighted by molar-refractivity contribution is 0.0104. The van der Waals surface area contributed by atoms with Crippen molar-refractivity contribution in [1.29, 1.82) is 0 Å². The Bertz CT molecular complexity index is 591. The molecule has 2 unspecified atom stereocenters. The second-order valence-corrected chi connectivity index (χ2v) is 8.27. The van der Waals surface area contributed by atoms with Gasteiger partial charge in [0.25, 0.3) is 0 Å². The standard InChI is InChI=1S/C21H33NO3/c1-15-10-11-17(13-16(15)2)19(23)14-18-9-7-6-8-12-22(18)20(24)25-21(3,4)5/h10-11,13,18-19,23H,6-9,12,14H2,1-5H3. The average Bonchev–Trinajstić information content (AvgIpc) is 2.73. The Hall–Kier alpha value is -1.55. The lowest BCUT2D eigenvalue weighted by Crippen LogP contribution is -2.43. The maximum atomic E-state index is 12.6. The number of aryl methyl sites for hydroxylation is 2. The maximum absolute atomic E-state index is 12.6. The van der Waals surface area contributed by atoms with Crippen LogP contribution in [-0.2, 0) is 4.74 Å². The van der Waals surface area contributed by atoms with E-state index in [4.69, 9.17) is 4.74 Å². The molecule has 1 aliphatic rings. The van der Waals surface area contributed by atoms with Crippen molar-refractivity contribution in [3.63, 3.8) is 0 Å². The van der Waals surface area contributed by atoms with E-state index in [0.29, 0.717) is 13.0 Å². The first kappa shape index (κ1) is 19.8. The van der Waals surface area contributed by atoms with Crippen LogP contribution in [-0.4, -0.2) is 34.3 Å². The van der Waals surface area contributed by atoms with E-state index in [-0.39, 0.29) is 12.1 Å². The van der Waals surface area contributed by atoms with E-state index in [1.165, 1.54) is 11.1 Å². The predicted octanol–water partition coefficient (Wildman–Crippen LogP) is 4.91. The van der Waals surface area contributed by atoms with Crippen LogP contribution in [0.15, 0.2) is 18.2 Å². The summed E-state index contributed by atoms with van der Waals surface area (Å²) in [6.07, 6.45) is 3.86. The van der Waals surface area contributed by atoms with Crippen molar-refractivity contribution in [2.24, 2.45) is 0 Å². The van der Waals surface area contributed by atoms with Crippen molar-refractivity contribution in [3.8, 4) is 0 Å². The van der Waals surface area contributed by atoms with Crippen molar-refractivity contribution >= 4 is 6.09 Å². The number of hydrogen-bond acceptors (Lipinski definition) is 3. The molecule has 1 aliphatic heterocycles. The summed E-state index contributed by atoms with van der Waals surface area (Å²) in [5, 5.41) is 10.7. The number of likely N-dealkylation sites (tertiary alicyclic amines) is 1. The van der Waals surface area contributed by atoms with Gasteiger partial charge in [-0.05, 0) is 70.6 Å². The lowest BCUT2D eigenvalue weighted by Gasteiger charge is -2.33. The first-order valence-corrected chi connectivity index (χ1v) is 9.42. The molecule has 1 saturated heterocycles. The Morgan fingerprint density at radius 1 is 1.24 bits per heavy atom. The molecule has 140 valence electrons. The van der Waals surface area contributed by atoms with Crippen LogP contribution < -0.4 is 0 Å². The molecule has 1 aromatic carbocycles. The van der Waals surface area contributed by atoms with E-state index in [2.05, 4.69) is 19.9 Å². The number of ether oxygens (including phenoxy) is 1. The predicted molar refractivity (Wildman–Crippen MR) is 101 cm³/mol. The van der Waals surface area contributed by atoms with E-state index >= 15 is 0 Å². The minimum absolute atomic E-state index is 0.0222. The van der Waals surface area contributed by atoms with E-state index in [1.54, 1.807) is 0 Å². The number of carbonyl (C=O) groups excluding carboxylic acids is 1. The van der Waals surface area contributed by atoms with Gasteiger partial charge in [0.2, 0.25) is 0 Å². The molecule has 2 rings (SSSR count). The van der Waals surface area contributed by atoms with Crippen molar-refractivity contribution in [2.75, 3.05) is 6.54 Å². The van der Waals surface area contributed by atoms with Crippen LogP contribution in [0.25, 0.3) is 0 Å². The summed E-state index contributed by atoms with van der Waals surface area (Å²) >= 11 is 0. The first-order chi connectivity index (χ1) is 11.7. The summed E-state index contributed by atoms with van der Waals surface area (Å²) in [5.41, 5.74) is 2.83. The minimum Gasteiger partial charge on any atom is -0.444 e. The average molecular weight is 347 g/mol. The molecule has 0 aliphatic carbocycles. The summed E-state index contributed by atoms with van der Waals surface area (Å²) in [6, 6.07) is 6.11. The quantitative estimate of drug-likeness (QED) is 0.845. The number of amides is 1. The molecule has 1 heterocycles. The van der Waals surface area contributed by atoms with E-state index in [1.807, 2.05) is 37.8 Å². The third-order valence-corrected chi connectivity index (χ3v) is 4.92. The number of aliphatic hydroxyl groups is 1. The molecule has 0 bridgehead atoms. The van der Waals surface area contributed by atoms with Gasteiger partial charge >= 0.3 is 6.09 Å². The fourth-order valence-corrected chi connectivity index (χ4v) is 3.35. The van der Waals surface area contributed by atoms with Crippen LogP contribution >= 0.6 is 0 Å². The molecule has 25 heavy (non-hydrogen) atoms. The van der Waals surface area contributed by atoms with Gasteiger partial charge in [-0.25, -0.2) is 4.79 Å². The highest BCUT2D eigenvalue weighted by Gasteiger charge is 2.31. The molecule has 4 heteroatoms. The highest BCUT2D eigenvalue weighted by atomic mass is 16.6. The second kappa shape index (κ2) is 8.22. The molecular weight excluding hydrogens is 314 g/mol. The van der Waals surface area contributed by atoms with Crippen molar-refractivity contribution < 1.29 is 14.6 Å². The summed E-state index contributed by atoms with van der Waals surface area (Å²) in [6.45, 7) is 10.5. The largest absolute Gasteiger partial charge is 0.444 e. The topological polar surface area (TPSA) is 49.8 Å². The fraction of sp³-hybridized carbons (Fsp3) is 0.667. The van der Waals surface area contributed by atoms with Crippen molar-refractivity contribution in [1.82, 2.24) is 4.90 Å². The maximum Gasteiger partial charge on any atom is 0.410 e. The van der Waals surface area contributed by atoms with Gasteiger partial charge in [0.15, 0.2) is 0 Å². The van der Waals surface area contributed by atoms with Crippen LogP contribution in [0.3, 0.4) is 0 Å². The highest BCUT2D eigenvalue weighted by molar-refractivity contribution is 5.68. The summed E-state index contributed by atoms with van der Waals surface area (Å²) < 4.78 is 5.59. The van der Waals surface area contributed by atoms with Crippen LogP contribution in [0.4, 0.5) is 4.79 Å². The molecule has 0 radical (unpaired) electrons. The zero-order chi connectivity index (χ0) is 18.6. The summed E-state index contributed by atoms with van der Waals surface area (Å²) in [5.74, 6) is 0. The van der Waals surface area contributed by atoms with Gasteiger partial charge in [0.05, 0.1) is 6.10 Å². The zero-order valence-corrected chi connectivity index (χ0v) is 16.3. The third-order valence-electron chi connectivity index (χ3n) is 4.92. The van der Waals surface area contributed by atoms with Gasteiger partial charge in [0.1, 0.15) is 5.60 Å². The van der Waals surface area contributed by atoms with Gasteiger partial charge in [0, 0.05) is 12.6 Å². The molecule has 4 nitrogen and oxygen atoms in total. The molecule has 1 N–H and O–H groups in total. The third kappa shape index (κ3) is 5.74. The molecule has 0 saturated carbocycles. The number of aliphatic hydroxyl groups excluding tert-OH is 1. The highest BCUT2D eigenvalue weighted by Crippen LogP contribution is 2.28. The number of benzene rings is 1. The number of nitrogens with zero attached hydrogens (tertiary/aromatic N) is 1. The van der Waals surface area contributed by atoms with Crippen LogP contribution in [0.2, 0.25) is 0 Å². The van der Waals surface area contributed by atoms with E-state index in [0.717, 1.165) is 31.2 Å². The summed E-state index contributed by atoms with van der Waals surface area (Å²) in [4.78, 5) is 14.5. The van der Waals surface area contributed by atoms with Crippen LogP contribution in [0.1, 0.15) is 75.7 Å². The Morgan fingerprint density at radius 3 is 2.60 bits per heavy atom. The number of hydrogen-bond donors (Lipinski definition) is 1. The zero-order valence-electron chi connectivity index (χ0n) is 16.3. The Kier molecular flexibility index (Phi) is 6.50. The smallest absolute Gasteiger partial charge is 0.410 e. The van der Waals surface area contributed by atoms with Crippen LogP contribution in [0, 0.1) is 13.8 Å². The minimum atomic E-state index is -0.563. The van der Waals surface area contributed by atoms with E-state index in [9.17, 15) is 9.90 Å².